The number of hydrogen-bond acceptors (Lipinski definition) is 3. The number of rotatable bonds is 1. The van der Waals surface area contributed by atoms with Crippen LogP contribution < -0.4 is 0 Å². The molecule has 0 bridgehead atoms. The first kappa shape index (κ1) is 10.3. The van der Waals surface area contributed by atoms with E-state index in [4.69, 9.17) is 0 Å². The average molecular weight is 241 g/mol. The fourth-order valence-electron chi connectivity index (χ4n) is 1.87. The lowest BCUT2D eigenvalue weighted by Gasteiger charge is -2.01. The predicted molar refractivity (Wildman–Crippen MR) is 71.5 cm³/mol. The van der Waals surface area contributed by atoms with E-state index < -0.39 is 0 Å². The summed E-state index contributed by atoms with van der Waals surface area (Å²) < 4.78 is 1.20. The largest absolute Gasteiger partial charge is 0.508 e. The van der Waals surface area contributed by atoms with Crippen LogP contribution in [0.3, 0.4) is 0 Å². The highest BCUT2D eigenvalue weighted by Crippen LogP contribution is 2.28. The summed E-state index contributed by atoms with van der Waals surface area (Å²) in [5, 5.41) is 10.4. The second-order valence-electron chi connectivity index (χ2n) is 3.96. The number of aryl methyl sites for hydroxylation is 1. The van der Waals surface area contributed by atoms with Gasteiger partial charge in [-0.05, 0) is 42.3 Å². The minimum Gasteiger partial charge on any atom is -0.508 e. The Balaban J connectivity index is 2.13. The Bertz CT molecular complexity index is 670. The number of phenolic OH excluding ortho intramolecular Hbond substituents is 1. The Morgan fingerprint density at radius 1 is 1.00 bits per heavy atom. The zero-order chi connectivity index (χ0) is 11.8. The monoisotopic (exact) mass is 241 g/mol. The first-order chi connectivity index (χ1) is 8.22. The Morgan fingerprint density at radius 2 is 1.71 bits per heavy atom. The number of aromatic nitrogens is 1. The summed E-state index contributed by atoms with van der Waals surface area (Å²) in [6.07, 6.45) is 0. The third-order valence-corrected chi connectivity index (χ3v) is 3.63. The van der Waals surface area contributed by atoms with E-state index in [1.54, 1.807) is 23.5 Å². The van der Waals surface area contributed by atoms with Gasteiger partial charge >= 0.3 is 0 Å². The highest BCUT2D eigenvalue weighted by molar-refractivity contribution is 7.18. The zero-order valence-corrected chi connectivity index (χ0v) is 10.2. The van der Waals surface area contributed by atoms with E-state index in [1.807, 2.05) is 25.1 Å². The number of phenols is 1. The van der Waals surface area contributed by atoms with Gasteiger partial charge < -0.3 is 5.11 Å². The van der Waals surface area contributed by atoms with Crippen LogP contribution in [0.2, 0.25) is 0 Å². The predicted octanol–water partition coefficient (Wildman–Crippen LogP) is 3.98. The number of fused-ring (bicyclic) bond motifs is 1. The molecule has 0 spiro atoms. The summed E-state index contributed by atoms with van der Waals surface area (Å²) in [7, 11) is 0. The van der Waals surface area contributed by atoms with E-state index in [0.717, 1.165) is 21.7 Å². The van der Waals surface area contributed by atoms with Gasteiger partial charge in [-0.3, -0.25) is 0 Å². The summed E-state index contributed by atoms with van der Waals surface area (Å²) in [5.41, 5.74) is 3.31. The van der Waals surface area contributed by atoms with Crippen molar-refractivity contribution in [2.24, 2.45) is 0 Å². The lowest BCUT2D eigenvalue weighted by Crippen LogP contribution is -1.77. The van der Waals surface area contributed by atoms with E-state index in [0.29, 0.717) is 5.75 Å². The fraction of sp³-hybridized carbons (Fsp3) is 0.0714. The van der Waals surface area contributed by atoms with Crippen LogP contribution in [0.15, 0.2) is 42.5 Å². The summed E-state index contributed by atoms with van der Waals surface area (Å²) in [6.45, 7) is 2.02. The van der Waals surface area contributed by atoms with Crippen molar-refractivity contribution < 1.29 is 5.11 Å². The molecule has 0 saturated carbocycles. The number of thiazole rings is 1. The molecule has 3 aromatic rings. The Hall–Kier alpha value is -1.87. The second-order valence-corrected chi connectivity index (χ2v) is 5.20. The molecule has 2 nitrogen and oxygen atoms in total. The summed E-state index contributed by atoms with van der Waals surface area (Å²) in [6, 6.07) is 13.5. The minimum absolute atomic E-state index is 0.295. The lowest BCUT2D eigenvalue weighted by molar-refractivity contribution is 0.475. The van der Waals surface area contributed by atoms with Gasteiger partial charge in [0.1, 0.15) is 5.75 Å². The van der Waals surface area contributed by atoms with Crippen LogP contribution >= 0.6 is 11.3 Å². The van der Waals surface area contributed by atoms with Gasteiger partial charge in [0.15, 0.2) is 0 Å². The molecule has 0 saturated heterocycles. The van der Waals surface area contributed by atoms with Crippen molar-refractivity contribution in [3.8, 4) is 16.9 Å². The lowest BCUT2D eigenvalue weighted by atomic mass is 10.1. The highest BCUT2D eigenvalue weighted by atomic mass is 32.1. The molecule has 0 unspecified atom stereocenters. The maximum absolute atomic E-state index is 9.27. The van der Waals surface area contributed by atoms with Crippen LogP contribution in [0.5, 0.6) is 5.75 Å². The van der Waals surface area contributed by atoms with Crippen molar-refractivity contribution in [1.82, 2.24) is 4.98 Å². The molecule has 0 aliphatic carbocycles. The molecular weight excluding hydrogens is 230 g/mol. The van der Waals surface area contributed by atoms with Gasteiger partial charge in [-0.15, -0.1) is 11.3 Å². The smallest absolute Gasteiger partial charge is 0.115 e. The molecular formula is C14H11NOS. The maximum Gasteiger partial charge on any atom is 0.115 e. The minimum atomic E-state index is 0.295. The fourth-order valence-corrected chi connectivity index (χ4v) is 2.74. The standard InChI is InChI=1S/C14H11NOS/c1-9-15-13-7-4-11(8-14(13)17-9)10-2-5-12(16)6-3-10/h2-8,16H,1H3. The van der Waals surface area contributed by atoms with Crippen LogP contribution in [0, 0.1) is 6.92 Å². The van der Waals surface area contributed by atoms with Crippen LogP contribution in [-0.4, -0.2) is 10.1 Å². The van der Waals surface area contributed by atoms with Crippen molar-refractivity contribution in [3.63, 3.8) is 0 Å². The first-order valence-electron chi connectivity index (χ1n) is 5.39. The van der Waals surface area contributed by atoms with Gasteiger partial charge in [0.25, 0.3) is 0 Å². The van der Waals surface area contributed by atoms with E-state index >= 15 is 0 Å². The van der Waals surface area contributed by atoms with Crippen molar-refractivity contribution in [3.05, 3.63) is 47.5 Å². The highest BCUT2D eigenvalue weighted by Gasteiger charge is 2.03. The van der Waals surface area contributed by atoms with E-state index in [2.05, 4.69) is 17.1 Å². The number of benzene rings is 2. The Kier molecular flexibility index (Phi) is 2.34. The summed E-state index contributed by atoms with van der Waals surface area (Å²) in [5.74, 6) is 0.295. The maximum atomic E-state index is 9.27. The molecule has 0 aliphatic heterocycles. The summed E-state index contributed by atoms with van der Waals surface area (Å²) in [4.78, 5) is 4.44. The Morgan fingerprint density at radius 3 is 2.47 bits per heavy atom. The molecule has 1 heterocycles. The van der Waals surface area contributed by atoms with Crippen molar-refractivity contribution in [1.29, 1.82) is 0 Å². The molecule has 3 heteroatoms. The van der Waals surface area contributed by atoms with Crippen LogP contribution in [0.25, 0.3) is 21.3 Å². The third kappa shape index (κ3) is 1.89. The number of aromatic hydroxyl groups is 1. The van der Waals surface area contributed by atoms with Crippen LogP contribution in [0.4, 0.5) is 0 Å². The van der Waals surface area contributed by atoms with E-state index in [1.165, 1.54) is 4.70 Å². The van der Waals surface area contributed by atoms with Crippen molar-refractivity contribution in [2.45, 2.75) is 6.92 Å². The molecule has 0 radical (unpaired) electrons. The molecule has 1 aromatic heterocycles. The van der Waals surface area contributed by atoms with E-state index in [-0.39, 0.29) is 0 Å². The zero-order valence-electron chi connectivity index (χ0n) is 9.34. The average Bonchev–Trinajstić information content (AvgIpc) is 2.69. The molecule has 0 aliphatic rings. The normalized spacial score (nSPS) is 10.9. The SMILES string of the molecule is Cc1nc2ccc(-c3ccc(O)cc3)cc2s1. The topological polar surface area (TPSA) is 33.1 Å². The van der Waals surface area contributed by atoms with Gasteiger partial charge in [-0.2, -0.15) is 0 Å². The molecule has 3 rings (SSSR count). The van der Waals surface area contributed by atoms with Gasteiger partial charge in [-0.1, -0.05) is 18.2 Å². The van der Waals surface area contributed by atoms with Crippen molar-refractivity contribution in [2.75, 3.05) is 0 Å². The van der Waals surface area contributed by atoms with Gasteiger partial charge in [0, 0.05) is 0 Å². The van der Waals surface area contributed by atoms with Gasteiger partial charge in [0.05, 0.1) is 15.2 Å². The molecule has 0 amide bonds. The number of hydrogen-bond donors (Lipinski definition) is 1. The third-order valence-electron chi connectivity index (χ3n) is 2.70. The van der Waals surface area contributed by atoms with Crippen LogP contribution in [0.1, 0.15) is 5.01 Å². The Labute approximate surface area is 103 Å². The molecule has 84 valence electrons. The first-order valence-corrected chi connectivity index (χ1v) is 6.20. The molecule has 1 N–H and O–H groups in total. The van der Waals surface area contributed by atoms with Gasteiger partial charge in [0.2, 0.25) is 0 Å². The van der Waals surface area contributed by atoms with Crippen molar-refractivity contribution >= 4 is 21.6 Å². The molecule has 0 atom stereocenters. The van der Waals surface area contributed by atoms with Gasteiger partial charge in [-0.25, -0.2) is 4.98 Å². The molecule has 17 heavy (non-hydrogen) atoms. The second kappa shape index (κ2) is 3.86. The quantitative estimate of drug-likeness (QED) is 0.699. The number of nitrogens with zero attached hydrogens (tertiary/aromatic N) is 1. The van der Waals surface area contributed by atoms with E-state index in [9.17, 15) is 5.11 Å². The summed E-state index contributed by atoms with van der Waals surface area (Å²) >= 11 is 1.70. The van der Waals surface area contributed by atoms with Crippen LogP contribution in [-0.2, 0) is 0 Å². The molecule has 2 aromatic carbocycles. The molecule has 0 fully saturated rings.